The van der Waals surface area contributed by atoms with Crippen LogP contribution in [0.25, 0.3) is 22.0 Å². The molecule has 0 spiro atoms. The lowest BCUT2D eigenvalue weighted by atomic mass is 10.1. The number of thiophene rings is 1. The molecule has 3 rings (SSSR count). The van der Waals surface area contributed by atoms with Crippen LogP contribution in [-0.4, -0.2) is 10.2 Å². The van der Waals surface area contributed by atoms with Crippen molar-refractivity contribution in [1.29, 1.82) is 0 Å². The van der Waals surface area contributed by atoms with Gasteiger partial charge in [0, 0.05) is 16.3 Å². The number of fused-ring (bicyclic) bond motifs is 1. The third-order valence-electron chi connectivity index (χ3n) is 2.55. The van der Waals surface area contributed by atoms with E-state index >= 15 is 0 Å². The zero-order valence-electron chi connectivity index (χ0n) is 8.82. The van der Waals surface area contributed by atoms with Gasteiger partial charge in [0.1, 0.15) is 5.69 Å². The molecule has 0 radical (unpaired) electrons. The van der Waals surface area contributed by atoms with E-state index in [1.807, 2.05) is 30.3 Å². The lowest BCUT2D eigenvalue weighted by Gasteiger charge is -2.04. The minimum Gasteiger partial charge on any atom is -0.148 e. The molecular weight excluding hydrogens is 399 g/mol. The predicted molar refractivity (Wildman–Crippen MR) is 83.3 cm³/mol. The maximum absolute atomic E-state index is 6.07. The summed E-state index contributed by atoms with van der Waals surface area (Å²) in [5, 5.41) is 10.6. The van der Waals surface area contributed by atoms with E-state index in [0.717, 1.165) is 29.6 Å². The lowest BCUT2D eigenvalue weighted by molar-refractivity contribution is 1.06. The molecule has 18 heavy (non-hydrogen) atoms. The standard InChI is InChI=1S/C12H5Br2ClN2S/c13-9-5-8(11(14)18-9)10-6-3-1-2-4-7(6)12(15)17-16-10/h1-5H. The molecule has 0 aliphatic heterocycles. The number of aromatic nitrogens is 2. The highest BCUT2D eigenvalue weighted by Crippen LogP contribution is 2.40. The Morgan fingerprint density at radius 3 is 2.44 bits per heavy atom. The molecule has 2 aromatic heterocycles. The van der Waals surface area contributed by atoms with Crippen LogP contribution in [0.1, 0.15) is 0 Å². The Morgan fingerprint density at radius 1 is 1.06 bits per heavy atom. The van der Waals surface area contributed by atoms with Crippen LogP contribution in [0.5, 0.6) is 0 Å². The summed E-state index contributed by atoms with van der Waals surface area (Å²) in [5.74, 6) is 0. The number of hydrogen-bond donors (Lipinski definition) is 0. The zero-order valence-corrected chi connectivity index (χ0v) is 13.6. The summed E-state index contributed by atoms with van der Waals surface area (Å²) in [7, 11) is 0. The van der Waals surface area contributed by atoms with Gasteiger partial charge in [-0.05, 0) is 37.9 Å². The molecule has 0 amide bonds. The Kier molecular flexibility index (Phi) is 3.40. The van der Waals surface area contributed by atoms with E-state index in [0.29, 0.717) is 5.15 Å². The number of nitrogens with zero attached hydrogens (tertiary/aromatic N) is 2. The van der Waals surface area contributed by atoms with E-state index in [1.165, 1.54) is 0 Å². The van der Waals surface area contributed by atoms with Crippen LogP contribution in [0.3, 0.4) is 0 Å². The first-order valence-corrected chi connectivity index (χ1v) is 7.81. The first-order valence-electron chi connectivity index (χ1n) is 5.03. The molecule has 0 fully saturated rings. The highest BCUT2D eigenvalue weighted by Gasteiger charge is 2.14. The van der Waals surface area contributed by atoms with Crippen LogP contribution in [0, 0.1) is 0 Å². The van der Waals surface area contributed by atoms with Crippen LogP contribution in [-0.2, 0) is 0 Å². The van der Waals surface area contributed by atoms with Gasteiger partial charge in [-0.2, -0.15) is 0 Å². The monoisotopic (exact) mass is 402 g/mol. The first-order chi connectivity index (χ1) is 8.66. The molecule has 6 heteroatoms. The highest BCUT2D eigenvalue weighted by atomic mass is 79.9. The molecule has 0 atom stereocenters. The molecule has 0 N–H and O–H groups in total. The second-order valence-electron chi connectivity index (χ2n) is 3.62. The Bertz CT molecular complexity index is 742. The summed E-state index contributed by atoms with van der Waals surface area (Å²) in [6.45, 7) is 0. The van der Waals surface area contributed by atoms with Gasteiger partial charge in [0.25, 0.3) is 0 Å². The average molecular weight is 405 g/mol. The molecule has 0 saturated carbocycles. The van der Waals surface area contributed by atoms with Crippen molar-refractivity contribution in [2.75, 3.05) is 0 Å². The van der Waals surface area contributed by atoms with Gasteiger partial charge in [-0.15, -0.1) is 21.5 Å². The molecule has 1 aromatic carbocycles. The fraction of sp³-hybridized carbons (Fsp3) is 0. The number of halogens is 3. The van der Waals surface area contributed by atoms with Crippen LogP contribution < -0.4 is 0 Å². The van der Waals surface area contributed by atoms with Crippen molar-refractivity contribution in [3.8, 4) is 11.3 Å². The average Bonchev–Trinajstić information content (AvgIpc) is 2.69. The Balaban J connectivity index is 2.37. The molecule has 0 unspecified atom stereocenters. The van der Waals surface area contributed by atoms with E-state index in [4.69, 9.17) is 11.6 Å². The zero-order chi connectivity index (χ0) is 12.7. The third-order valence-corrected chi connectivity index (χ3v) is 5.17. The summed E-state index contributed by atoms with van der Waals surface area (Å²) >= 11 is 14.7. The number of rotatable bonds is 1. The highest BCUT2D eigenvalue weighted by molar-refractivity contribution is 9.12. The molecule has 0 aliphatic carbocycles. The lowest BCUT2D eigenvalue weighted by Crippen LogP contribution is -1.90. The molecule has 90 valence electrons. The molecule has 0 bridgehead atoms. The van der Waals surface area contributed by atoms with E-state index < -0.39 is 0 Å². The van der Waals surface area contributed by atoms with Crippen molar-refractivity contribution in [2.45, 2.75) is 0 Å². The molecule has 0 aliphatic rings. The van der Waals surface area contributed by atoms with Crippen molar-refractivity contribution in [3.05, 3.63) is 43.1 Å². The largest absolute Gasteiger partial charge is 0.159 e. The van der Waals surface area contributed by atoms with Crippen LogP contribution in [0.15, 0.2) is 37.9 Å². The summed E-state index contributed by atoms with van der Waals surface area (Å²) < 4.78 is 2.07. The molecule has 2 heterocycles. The van der Waals surface area contributed by atoms with Crippen molar-refractivity contribution >= 4 is 65.6 Å². The van der Waals surface area contributed by atoms with Gasteiger partial charge >= 0.3 is 0 Å². The summed E-state index contributed by atoms with van der Waals surface area (Å²) in [5.41, 5.74) is 1.86. The van der Waals surface area contributed by atoms with Crippen molar-refractivity contribution in [1.82, 2.24) is 10.2 Å². The van der Waals surface area contributed by atoms with E-state index in [9.17, 15) is 0 Å². The maximum Gasteiger partial charge on any atom is 0.159 e. The van der Waals surface area contributed by atoms with E-state index in [2.05, 4.69) is 42.1 Å². The van der Waals surface area contributed by atoms with Gasteiger partial charge in [0.15, 0.2) is 5.15 Å². The molecule has 0 saturated heterocycles. The van der Waals surface area contributed by atoms with Gasteiger partial charge < -0.3 is 0 Å². The molecular formula is C12H5Br2ClN2S. The predicted octanol–water partition coefficient (Wildman–Crippen LogP) is 5.54. The Hall–Kier alpha value is -0.490. The smallest absolute Gasteiger partial charge is 0.148 e. The fourth-order valence-electron chi connectivity index (χ4n) is 1.77. The van der Waals surface area contributed by atoms with Crippen LogP contribution in [0.2, 0.25) is 5.15 Å². The van der Waals surface area contributed by atoms with Crippen LogP contribution >= 0.6 is 54.8 Å². The fourth-order valence-corrected chi connectivity index (χ4v) is 4.78. The topological polar surface area (TPSA) is 25.8 Å². The third kappa shape index (κ3) is 2.09. The van der Waals surface area contributed by atoms with Gasteiger partial charge in [0.2, 0.25) is 0 Å². The molecule has 3 aromatic rings. The second-order valence-corrected chi connectivity index (χ2v) is 7.73. The Morgan fingerprint density at radius 2 is 1.78 bits per heavy atom. The SMILES string of the molecule is Clc1nnc(-c2cc(Br)sc2Br)c2ccccc12. The Labute approximate surface area is 129 Å². The number of hydrogen-bond acceptors (Lipinski definition) is 3. The number of benzene rings is 1. The minimum atomic E-state index is 0.430. The van der Waals surface area contributed by atoms with Crippen molar-refractivity contribution in [2.24, 2.45) is 0 Å². The van der Waals surface area contributed by atoms with Gasteiger partial charge in [0.05, 0.1) is 7.57 Å². The van der Waals surface area contributed by atoms with Crippen LogP contribution in [0.4, 0.5) is 0 Å². The minimum absolute atomic E-state index is 0.430. The van der Waals surface area contributed by atoms with E-state index in [-0.39, 0.29) is 0 Å². The summed E-state index contributed by atoms with van der Waals surface area (Å²) in [4.78, 5) is 0. The van der Waals surface area contributed by atoms with Gasteiger partial charge in [-0.3, -0.25) is 0 Å². The van der Waals surface area contributed by atoms with Crippen molar-refractivity contribution < 1.29 is 0 Å². The van der Waals surface area contributed by atoms with E-state index in [1.54, 1.807) is 11.3 Å². The summed E-state index contributed by atoms with van der Waals surface area (Å²) in [6.07, 6.45) is 0. The van der Waals surface area contributed by atoms with Gasteiger partial charge in [-0.25, -0.2) is 0 Å². The van der Waals surface area contributed by atoms with Crippen molar-refractivity contribution in [3.63, 3.8) is 0 Å². The molecule has 2 nitrogen and oxygen atoms in total. The normalized spacial score (nSPS) is 11.1. The maximum atomic E-state index is 6.07. The first kappa shape index (κ1) is 12.5. The second kappa shape index (κ2) is 4.89. The van der Waals surface area contributed by atoms with Gasteiger partial charge in [-0.1, -0.05) is 35.9 Å². The summed E-state index contributed by atoms with van der Waals surface area (Å²) in [6, 6.07) is 9.89. The quantitative estimate of drug-likeness (QED) is 0.532.